The van der Waals surface area contributed by atoms with Crippen LogP contribution in [-0.4, -0.2) is 31.9 Å². The van der Waals surface area contributed by atoms with E-state index in [-0.39, 0.29) is 11.5 Å². The predicted molar refractivity (Wildman–Crippen MR) is 111 cm³/mol. The molecular formula is C22H21N5O2. The van der Waals surface area contributed by atoms with Crippen molar-refractivity contribution in [2.75, 3.05) is 7.05 Å². The minimum Gasteiger partial charge on any atom is -0.355 e. The van der Waals surface area contributed by atoms with Gasteiger partial charge in [0.15, 0.2) is 0 Å². The summed E-state index contributed by atoms with van der Waals surface area (Å²) in [6, 6.07) is 13.4. The second-order valence-electron chi connectivity index (χ2n) is 6.82. The molecule has 0 saturated heterocycles. The molecule has 29 heavy (non-hydrogen) atoms. The van der Waals surface area contributed by atoms with Gasteiger partial charge in [0.25, 0.3) is 11.5 Å². The highest BCUT2D eigenvalue weighted by Crippen LogP contribution is 2.26. The summed E-state index contributed by atoms with van der Waals surface area (Å²) >= 11 is 0. The Balaban J connectivity index is 1.74. The SMILES string of the molecule is CNC(=O)c1ccn(-c2cc(=O)n(C)cc2-c2cnn(Cc3ccccc3)c2)c1. The number of nitrogens with one attached hydrogen (secondary N) is 1. The number of aromatic nitrogens is 4. The van der Waals surface area contributed by atoms with Crippen molar-refractivity contribution in [2.45, 2.75) is 6.54 Å². The highest BCUT2D eigenvalue weighted by molar-refractivity contribution is 5.94. The topological polar surface area (TPSA) is 73.8 Å². The van der Waals surface area contributed by atoms with Crippen molar-refractivity contribution in [1.29, 1.82) is 0 Å². The van der Waals surface area contributed by atoms with Gasteiger partial charge in [-0.15, -0.1) is 0 Å². The van der Waals surface area contributed by atoms with E-state index in [0.29, 0.717) is 17.8 Å². The lowest BCUT2D eigenvalue weighted by Crippen LogP contribution is -2.18. The summed E-state index contributed by atoms with van der Waals surface area (Å²) in [7, 11) is 3.31. The lowest BCUT2D eigenvalue weighted by atomic mass is 10.1. The first-order chi connectivity index (χ1) is 14.0. The van der Waals surface area contributed by atoms with Crippen LogP contribution in [0.3, 0.4) is 0 Å². The first-order valence-corrected chi connectivity index (χ1v) is 9.23. The lowest BCUT2D eigenvalue weighted by Gasteiger charge is -2.11. The molecule has 4 rings (SSSR count). The summed E-state index contributed by atoms with van der Waals surface area (Å²) in [6.45, 7) is 0.659. The van der Waals surface area contributed by atoms with Crippen molar-refractivity contribution in [3.05, 3.63) is 94.9 Å². The molecular weight excluding hydrogens is 366 g/mol. The van der Waals surface area contributed by atoms with Gasteiger partial charge in [0.1, 0.15) is 0 Å². The van der Waals surface area contributed by atoms with E-state index in [2.05, 4.69) is 22.5 Å². The zero-order valence-electron chi connectivity index (χ0n) is 16.2. The molecule has 0 fully saturated rings. The molecule has 0 bridgehead atoms. The number of pyridine rings is 1. The molecule has 0 spiro atoms. The van der Waals surface area contributed by atoms with Gasteiger partial charge in [-0.25, -0.2) is 0 Å². The monoisotopic (exact) mass is 387 g/mol. The summed E-state index contributed by atoms with van der Waals surface area (Å²) in [5.41, 5.74) is 3.99. The van der Waals surface area contributed by atoms with Gasteiger partial charge in [-0.3, -0.25) is 14.3 Å². The Kier molecular flexibility index (Phi) is 4.87. The molecule has 0 saturated carbocycles. The molecule has 3 aromatic heterocycles. The van der Waals surface area contributed by atoms with Crippen LogP contribution in [-0.2, 0) is 13.6 Å². The Morgan fingerprint density at radius 2 is 1.90 bits per heavy atom. The van der Waals surface area contributed by atoms with E-state index < -0.39 is 0 Å². The number of hydrogen-bond donors (Lipinski definition) is 1. The van der Waals surface area contributed by atoms with Crippen molar-refractivity contribution in [2.24, 2.45) is 7.05 Å². The number of rotatable bonds is 5. The Labute approximate surface area is 167 Å². The largest absolute Gasteiger partial charge is 0.355 e. The molecule has 0 atom stereocenters. The van der Waals surface area contributed by atoms with Gasteiger partial charge in [0, 0.05) is 56.1 Å². The van der Waals surface area contributed by atoms with Gasteiger partial charge in [-0.05, 0) is 11.6 Å². The lowest BCUT2D eigenvalue weighted by molar-refractivity contribution is 0.0963. The van der Waals surface area contributed by atoms with Gasteiger partial charge in [0.2, 0.25) is 0 Å². The van der Waals surface area contributed by atoms with Gasteiger partial charge in [-0.1, -0.05) is 30.3 Å². The summed E-state index contributed by atoms with van der Waals surface area (Å²) in [5.74, 6) is -0.176. The molecule has 0 aliphatic heterocycles. The Bertz CT molecular complexity index is 1220. The van der Waals surface area contributed by atoms with E-state index in [1.165, 1.54) is 4.57 Å². The maximum Gasteiger partial charge on any atom is 0.252 e. The third kappa shape index (κ3) is 3.75. The third-order valence-corrected chi connectivity index (χ3v) is 4.80. The van der Waals surface area contributed by atoms with Crippen LogP contribution >= 0.6 is 0 Å². The molecule has 0 aliphatic carbocycles. The Hall–Kier alpha value is -3.87. The van der Waals surface area contributed by atoms with E-state index >= 15 is 0 Å². The fourth-order valence-corrected chi connectivity index (χ4v) is 3.24. The maximum atomic E-state index is 12.3. The van der Waals surface area contributed by atoms with Crippen LogP contribution in [0.15, 0.2) is 78.2 Å². The second kappa shape index (κ2) is 7.63. The first-order valence-electron chi connectivity index (χ1n) is 9.23. The van der Waals surface area contributed by atoms with Crippen LogP contribution < -0.4 is 10.9 Å². The predicted octanol–water partition coefficient (Wildman–Crippen LogP) is 2.45. The van der Waals surface area contributed by atoms with Gasteiger partial charge < -0.3 is 14.5 Å². The van der Waals surface area contributed by atoms with E-state index in [1.54, 1.807) is 55.6 Å². The fourth-order valence-electron chi connectivity index (χ4n) is 3.24. The molecule has 0 unspecified atom stereocenters. The van der Waals surface area contributed by atoms with Crippen molar-refractivity contribution in [1.82, 2.24) is 24.2 Å². The second-order valence-corrected chi connectivity index (χ2v) is 6.82. The average molecular weight is 387 g/mol. The molecule has 0 aliphatic rings. The standard InChI is InChI=1S/C22H21N5O2/c1-23-22(29)17-8-9-26(13-17)20-10-21(28)25(2)15-19(20)18-11-24-27(14-18)12-16-6-4-3-5-7-16/h3-11,13-15H,12H2,1-2H3,(H,23,29). The van der Waals surface area contributed by atoms with Crippen LogP contribution in [0.1, 0.15) is 15.9 Å². The molecule has 1 aromatic carbocycles. The number of aryl methyl sites for hydroxylation is 1. The molecule has 7 nitrogen and oxygen atoms in total. The number of nitrogens with zero attached hydrogens (tertiary/aromatic N) is 4. The third-order valence-electron chi connectivity index (χ3n) is 4.80. The van der Waals surface area contributed by atoms with Crippen LogP contribution in [0.2, 0.25) is 0 Å². The van der Waals surface area contributed by atoms with Gasteiger partial charge in [0.05, 0.1) is 24.0 Å². The average Bonchev–Trinajstić information content (AvgIpc) is 3.40. The smallest absolute Gasteiger partial charge is 0.252 e. The maximum absolute atomic E-state index is 12.3. The van der Waals surface area contributed by atoms with E-state index in [4.69, 9.17) is 0 Å². The van der Waals surface area contributed by atoms with Gasteiger partial charge >= 0.3 is 0 Å². The normalized spacial score (nSPS) is 10.8. The summed E-state index contributed by atoms with van der Waals surface area (Å²) in [4.78, 5) is 24.2. The molecule has 146 valence electrons. The summed E-state index contributed by atoms with van der Waals surface area (Å²) < 4.78 is 5.19. The van der Waals surface area contributed by atoms with Gasteiger partial charge in [-0.2, -0.15) is 5.10 Å². The summed E-state index contributed by atoms with van der Waals surface area (Å²) in [6.07, 6.45) is 9.03. The van der Waals surface area contributed by atoms with Crippen molar-refractivity contribution < 1.29 is 4.79 Å². The van der Waals surface area contributed by atoms with Crippen molar-refractivity contribution >= 4 is 5.91 Å². The molecule has 1 amide bonds. The molecule has 7 heteroatoms. The van der Waals surface area contributed by atoms with E-state index in [9.17, 15) is 9.59 Å². The van der Waals surface area contributed by atoms with Crippen molar-refractivity contribution in [3.63, 3.8) is 0 Å². The Morgan fingerprint density at radius 1 is 1.10 bits per heavy atom. The Morgan fingerprint density at radius 3 is 2.66 bits per heavy atom. The number of amides is 1. The zero-order chi connectivity index (χ0) is 20.4. The molecule has 0 radical (unpaired) electrons. The zero-order valence-corrected chi connectivity index (χ0v) is 16.2. The van der Waals surface area contributed by atoms with Crippen LogP contribution in [0.4, 0.5) is 0 Å². The van der Waals surface area contributed by atoms with E-state index in [1.807, 2.05) is 29.1 Å². The summed E-state index contributed by atoms with van der Waals surface area (Å²) in [5, 5.41) is 7.09. The van der Waals surface area contributed by atoms with E-state index in [0.717, 1.165) is 16.7 Å². The first kappa shape index (κ1) is 18.5. The number of hydrogen-bond acceptors (Lipinski definition) is 3. The number of carbonyl (C=O) groups is 1. The van der Waals surface area contributed by atoms with Crippen LogP contribution in [0.5, 0.6) is 0 Å². The number of benzene rings is 1. The minimum atomic E-state index is -0.176. The molecule has 1 N–H and O–H groups in total. The minimum absolute atomic E-state index is 0.129. The highest BCUT2D eigenvalue weighted by atomic mass is 16.1. The van der Waals surface area contributed by atoms with Crippen molar-refractivity contribution in [3.8, 4) is 16.8 Å². The van der Waals surface area contributed by atoms with Crippen LogP contribution in [0.25, 0.3) is 16.8 Å². The molecule has 3 heterocycles. The highest BCUT2D eigenvalue weighted by Gasteiger charge is 2.14. The van der Waals surface area contributed by atoms with Crippen LogP contribution in [0, 0.1) is 0 Å². The quantitative estimate of drug-likeness (QED) is 0.572. The molecule has 4 aromatic rings. The fraction of sp³-hybridized carbons (Fsp3) is 0.136. The number of carbonyl (C=O) groups excluding carboxylic acids is 1.